The van der Waals surface area contributed by atoms with E-state index in [1.165, 1.54) is 0 Å². The van der Waals surface area contributed by atoms with Crippen LogP contribution < -0.4 is 0 Å². The van der Waals surface area contributed by atoms with Gasteiger partial charge in [0.05, 0.1) is 18.5 Å². The summed E-state index contributed by atoms with van der Waals surface area (Å²) in [5.74, 6) is 0.440. The summed E-state index contributed by atoms with van der Waals surface area (Å²) in [6.45, 7) is 1.63. The zero-order valence-corrected chi connectivity index (χ0v) is 8.12. The monoisotopic (exact) mass is 228 g/mol. The number of hydrogen-bond acceptors (Lipinski definition) is 3. The van der Waals surface area contributed by atoms with Gasteiger partial charge in [-0.15, -0.1) is 0 Å². The lowest BCUT2D eigenvalue weighted by atomic mass is 10.1. The first-order valence-electron chi connectivity index (χ1n) is 3.91. The zero-order valence-electron chi connectivity index (χ0n) is 6.53. The molecule has 0 saturated carbocycles. The minimum absolute atomic E-state index is 0.440. The highest BCUT2D eigenvalue weighted by Crippen LogP contribution is 2.23. The molecule has 1 aromatic rings. The van der Waals surface area contributed by atoms with Crippen molar-refractivity contribution in [2.24, 2.45) is 0 Å². The Kier molecular flexibility index (Phi) is 2.37. The highest BCUT2D eigenvalue weighted by Gasteiger charge is 2.19. The molecule has 0 N–H and O–H groups in total. The molecule has 0 aliphatic carbocycles. The van der Waals surface area contributed by atoms with Gasteiger partial charge in [0.2, 0.25) is 0 Å². The molecule has 1 aliphatic heterocycles. The van der Waals surface area contributed by atoms with E-state index in [0.29, 0.717) is 5.92 Å². The predicted octanol–water partition coefficient (Wildman–Crippen LogP) is 1.74. The molecular weight excluding hydrogens is 220 g/mol. The summed E-state index contributed by atoms with van der Waals surface area (Å²) in [5.41, 5.74) is 1.03. The minimum atomic E-state index is 0.440. The molecule has 1 aromatic heterocycles. The maximum atomic E-state index is 5.27. The predicted molar refractivity (Wildman–Crippen MR) is 47.9 cm³/mol. The van der Waals surface area contributed by atoms with Crippen LogP contribution in [0.15, 0.2) is 17.0 Å². The summed E-state index contributed by atoms with van der Waals surface area (Å²) in [7, 11) is 0. The van der Waals surface area contributed by atoms with E-state index in [0.717, 1.165) is 29.9 Å². The van der Waals surface area contributed by atoms with Gasteiger partial charge in [-0.25, -0.2) is 4.98 Å². The van der Waals surface area contributed by atoms with Crippen molar-refractivity contribution in [3.8, 4) is 0 Å². The minimum Gasteiger partial charge on any atom is -0.381 e. The second kappa shape index (κ2) is 3.49. The molecular formula is C8H9BrN2O. The van der Waals surface area contributed by atoms with Crippen molar-refractivity contribution in [2.75, 3.05) is 13.2 Å². The van der Waals surface area contributed by atoms with Gasteiger partial charge in [0.25, 0.3) is 0 Å². The average Bonchev–Trinajstić information content (AvgIpc) is 2.56. The number of hydrogen-bond donors (Lipinski definition) is 0. The molecule has 12 heavy (non-hydrogen) atoms. The summed E-state index contributed by atoms with van der Waals surface area (Å²) < 4.78 is 6.07. The molecule has 64 valence electrons. The third kappa shape index (κ3) is 1.64. The number of rotatable bonds is 1. The fourth-order valence-corrected chi connectivity index (χ4v) is 1.64. The molecule has 1 unspecified atom stereocenters. The van der Waals surface area contributed by atoms with Crippen LogP contribution in [0.4, 0.5) is 0 Å². The van der Waals surface area contributed by atoms with E-state index >= 15 is 0 Å². The second-order valence-corrected chi connectivity index (χ2v) is 3.64. The molecule has 0 aromatic carbocycles. The van der Waals surface area contributed by atoms with Crippen molar-refractivity contribution in [3.63, 3.8) is 0 Å². The molecule has 2 heterocycles. The second-order valence-electron chi connectivity index (χ2n) is 2.83. The Balaban J connectivity index is 2.21. The first-order valence-corrected chi connectivity index (χ1v) is 4.71. The van der Waals surface area contributed by atoms with Gasteiger partial charge in [-0.2, -0.15) is 0 Å². The van der Waals surface area contributed by atoms with Crippen LogP contribution >= 0.6 is 15.9 Å². The van der Waals surface area contributed by atoms with E-state index < -0.39 is 0 Å². The maximum absolute atomic E-state index is 5.27. The summed E-state index contributed by atoms with van der Waals surface area (Å²) >= 11 is 3.29. The first kappa shape index (κ1) is 8.13. The Morgan fingerprint density at radius 3 is 3.08 bits per heavy atom. The Labute approximate surface area is 79.3 Å². The van der Waals surface area contributed by atoms with Crippen LogP contribution in [0.25, 0.3) is 0 Å². The van der Waals surface area contributed by atoms with Crippen LogP contribution in [0.1, 0.15) is 18.0 Å². The third-order valence-electron chi connectivity index (χ3n) is 1.97. The van der Waals surface area contributed by atoms with Crippen molar-refractivity contribution < 1.29 is 4.74 Å². The zero-order chi connectivity index (χ0) is 8.39. The van der Waals surface area contributed by atoms with Crippen LogP contribution in [0.3, 0.4) is 0 Å². The quantitative estimate of drug-likeness (QED) is 0.735. The largest absolute Gasteiger partial charge is 0.381 e. The maximum Gasteiger partial charge on any atom is 0.124 e. The molecule has 3 nitrogen and oxygen atoms in total. The van der Waals surface area contributed by atoms with Gasteiger partial charge in [-0.05, 0) is 22.4 Å². The number of nitrogens with zero attached hydrogens (tertiary/aromatic N) is 2. The molecule has 0 amide bonds. The molecule has 1 saturated heterocycles. The molecule has 1 atom stereocenters. The Bertz CT molecular complexity index is 274. The van der Waals surface area contributed by atoms with Gasteiger partial charge in [-0.1, -0.05) is 0 Å². The van der Waals surface area contributed by atoms with E-state index in [4.69, 9.17) is 4.74 Å². The van der Waals surface area contributed by atoms with Gasteiger partial charge in [-0.3, -0.25) is 4.98 Å². The van der Waals surface area contributed by atoms with Gasteiger partial charge < -0.3 is 4.74 Å². The van der Waals surface area contributed by atoms with Crippen molar-refractivity contribution >= 4 is 15.9 Å². The number of halogens is 1. The summed E-state index contributed by atoms with van der Waals surface area (Å²) in [5, 5.41) is 0. The van der Waals surface area contributed by atoms with E-state index in [2.05, 4.69) is 25.9 Å². The Morgan fingerprint density at radius 1 is 1.50 bits per heavy atom. The topological polar surface area (TPSA) is 35.0 Å². The molecule has 1 aliphatic rings. The van der Waals surface area contributed by atoms with Crippen LogP contribution in [-0.4, -0.2) is 23.2 Å². The molecule has 0 bridgehead atoms. The lowest BCUT2D eigenvalue weighted by molar-refractivity contribution is 0.193. The van der Waals surface area contributed by atoms with Gasteiger partial charge in [0.15, 0.2) is 0 Å². The highest BCUT2D eigenvalue weighted by molar-refractivity contribution is 9.10. The normalized spacial score (nSPS) is 22.9. The first-order chi connectivity index (χ1) is 5.86. The number of ether oxygens (including phenoxy) is 1. The van der Waals surface area contributed by atoms with Gasteiger partial charge in [0, 0.05) is 18.7 Å². The molecule has 1 fully saturated rings. The van der Waals surface area contributed by atoms with Crippen molar-refractivity contribution in [1.82, 2.24) is 9.97 Å². The molecule has 0 radical (unpaired) electrons. The Morgan fingerprint density at radius 2 is 2.42 bits per heavy atom. The molecule has 4 heteroatoms. The van der Waals surface area contributed by atoms with Crippen LogP contribution in [-0.2, 0) is 4.74 Å². The van der Waals surface area contributed by atoms with E-state index in [-0.39, 0.29) is 0 Å². The van der Waals surface area contributed by atoms with Gasteiger partial charge in [0.1, 0.15) is 4.60 Å². The lowest BCUT2D eigenvalue weighted by Gasteiger charge is -2.05. The fraction of sp³-hybridized carbons (Fsp3) is 0.500. The van der Waals surface area contributed by atoms with Crippen molar-refractivity contribution in [2.45, 2.75) is 12.3 Å². The van der Waals surface area contributed by atoms with Gasteiger partial charge >= 0.3 is 0 Å². The summed E-state index contributed by atoms with van der Waals surface area (Å²) in [6.07, 6.45) is 4.56. The highest BCUT2D eigenvalue weighted by atomic mass is 79.9. The Hall–Kier alpha value is -0.480. The van der Waals surface area contributed by atoms with E-state index in [9.17, 15) is 0 Å². The fourth-order valence-electron chi connectivity index (χ4n) is 1.32. The van der Waals surface area contributed by atoms with Crippen LogP contribution in [0.2, 0.25) is 0 Å². The SMILES string of the molecule is Brc1cncc(C2CCOC2)n1. The molecule has 0 spiro atoms. The van der Waals surface area contributed by atoms with Crippen LogP contribution in [0, 0.1) is 0 Å². The summed E-state index contributed by atoms with van der Waals surface area (Å²) in [6, 6.07) is 0. The number of aromatic nitrogens is 2. The smallest absolute Gasteiger partial charge is 0.124 e. The molecule has 2 rings (SSSR count). The van der Waals surface area contributed by atoms with Crippen molar-refractivity contribution in [1.29, 1.82) is 0 Å². The van der Waals surface area contributed by atoms with Crippen LogP contribution in [0.5, 0.6) is 0 Å². The van der Waals surface area contributed by atoms with E-state index in [1.807, 2.05) is 6.20 Å². The van der Waals surface area contributed by atoms with E-state index in [1.54, 1.807) is 6.20 Å². The summed E-state index contributed by atoms with van der Waals surface area (Å²) in [4.78, 5) is 8.39. The standard InChI is InChI=1S/C8H9BrN2O/c9-8-4-10-3-7(11-8)6-1-2-12-5-6/h3-4,6H,1-2,5H2. The lowest BCUT2D eigenvalue weighted by Crippen LogP contribution is -2.01. The average molecular weight is 229 g/mol. The third-order valence-corrected chi connectivity index (χ3v) is 2.35. The van der Waals surface area contributed by atoms with Crippen molar-refractivity contribution in [3.05, 3.63) is 22.7 Å².